The molecule has 12 rings (SSSR count). The van der Waals surface area contributed by atoms with Crippen LogP contribution in [0.3, 0.4) is 0 Å². The van der Waals surface area contributed by atoms with E-state index >= 15 is 0 Å². The van der Waals surface area contributed by atoms with E-state index in [-0.39, 0.29) is 0 Å². The maximum atomic E-state index is 5.25. The van der Waals surface area contributed by atoms with Gasteiger partial charge in [0.15, 0.2) is 17.5 Å². The molecule has 0 bridgehead atoms. The highest BCUT2D eigenvalue weighted by Crippen LogP contribution is 2.41. The van der Waals surface area contributed by atoms with Crippen molar-refractivity contribution < 1.29 is 0 Å². The van der Waals surface area contributed by atoms with Crippen LogP contribution in [0.5, 0.6) is 0 Å². The third-order valence-corrected chi connectivity index (χ3v) is 12.2. The van der Waals surface area contributed by atoms with Gasteiger partial charge in [0.05, 0.1) is 16.6 Å². The highest BCUT2D eigenvalue weighted by Gasteiger charge is 2.20. The Bertz CT molecular complexity index is 3470. The van der Waals surface area contributed by atoms with Crippen molar-refractivity contribution in [2.24, 2.45) is 0 Å². The molecule has 0 unspecified atom stereocenters. The van der Waals surface area contributed by atoms with Gasteiger partial charge >= 0.3 is 0 Å². The Hall–Kier alpha value is -7.48. The summed E-state index contributed by atoms with van der Waals surface area (Å²) in [6, 6.07) is 61.8. The maximum absolute atomic E-state index is 5.25. The average Bonchev–Trinajstić information content (AvgIpc) is 3.94. The van der Waals surface area contributed by atoms with Crippen molar-refractivity contribution in [1.82, 2.24) is 29.1 Å². The van der Waals surface area contributed by atoms with Gasteiger partial charge in [-0.25, -0.2) is 19.9 Å². The molecule has 0 aliphatic rings. The zero-order valence-electron chi connectivity index (χ0n) is 30.4. The highest BCUT2D eigenvalue weighted by molar-refractivity contribution is 7.26. The van der Waals surface area contributed by atoms with Crippen LogP contribution in [0.25, 0.3) is 109 Å². The van der Waals surface area contributed by atoms with Gasteiger partial charge in [-0.05, 0) is 60.7 Å². The second kappa shape index (κ2) is 12.5. The lowest BCUT2D eigenvalue weighted by Gasteiger charge is -2.11. The number of para-hydroxylation sites is 2. The zero-order chi connectivity index (χ0) is 37.5. The molecule has 6 nitrogen and oxygen atoms in total. The molecule has 7 heteroatoms. The maximum Gasteiger partial charge on any atom is 0.165 e. The van der Waals surface area contributed by atoms with Crippen LogP contribution in [0.15, 0.2) is 182 Å². The molecule has 0 spiro atoms. The molecule has 0 saturated carbocycles. The van der Waals surface area contributed by atoms with E-state index in [2.05, 4.69) is 161 Å². The second-order valence-corrected chi connectivity index (χ2v) is 15.3. The SMILES string of the molecule is c1ccc(-c2nc(-c3ccc4c5ccc(-n6c7ccccc7c7cccnc76)cc5n(-c5ccccc5)c4c3)nc(-c3cccc4c3sc3ccccc34)n2)cc1. The van der Waals surface area contributed by atoms with Crippen molar-refractivity contribution in [3.8, 4) is 45.5 Å². The molecule has 57 heavy (non-hydrogen) atoms. The summed E-state index contributed by atoms with van der Waals surface area (Å²) < 4.78 is 7.05. The number of aromatic nitrogens is 6. The minimum Gasteiger partial charge on any atom is -0.309 e. The second-order valence-electron chi connectivity index (χ2n) is 14.3. The Labute approximate surface area is 330 Å². The van der Waals surface area contributed by atoms with Crippen molar-refractivity contribution >= 4 is 75.3 Å². The van der Waals surface area contributed by atoms with Crippen LogP contribution in [0.2, 0.25) is 0 Å². The van der Waals surface area contributed by atoms with E-state index in [0.717, 1.165) is 66.4 Å². The fourth-order valence-electron chi connectivity index (χ4n) is 8.46. The Morgan fingerprint density at radius 2 is 1.04 bits per heavy atom. The van der Waals surface area contributed by atoms with Gasteiger partial charge in [0.1, 0.15) is 5.65 Å². The molecule has 0 N–H and O–H groups in total. The van der Waals surface area contributed by atoms with Crippen LogP contribution in [0, 0.1) is 0 Å². The molecule has 7 aromatic carbocycles. The Kier molecular flexibility index (Phi) is 7.00. The monoisotopic (exact) mass is 746 g/mol. The Balaban J connectivity index is 1.10. The van der Waals surface area contributed by atoms with Gasteiger partial charge in [-0.15, -0.1) is 11.3 Å². The lowest BCUT2D eigenvalue weighted by Crippen LogP contribution is -2.00. The summed E-state index contributed by atoms with van der Waals surface area (Å²) in [6.45, 7) is 0. The fraction of sp³-hybridized carbons (Fsp3) is 0. The molecule has 12 aromatic rings. The number of thiophene rings is 1. The van der Waals surface area contributed by atoms with Gasteiger partial charge in [0.2, 0.25) is 0 Å². The number of nitrogens with zero attached hydrogens (tertiary/aromatic N) is 6. The van der Waals surface area contributed by atoms with Gasteiger partial charge in [-0.3, -0.25) is 4.57 Å². The lowest BCUT2D eigenvalue weighted by atomic mass is 10.1. The number of hydrogen-bond acceptors (Lipinski definition) is 5. The quantitative estimate of drug-likeness (QED) is 0.176. The van der Waals surface area contributed by atoms with Crippen molar-refractivity contribution in [2.45, 2.75) is 0 Å². The zero-order valence-corrected chi connectivity index (χ0v) is 31.2. The predicted octanol–water partition coefficient (Wildman–Crippen LogP) is 12.8. The topological polar surface area (TPSA) is 61.4 Å². The first kappa shape index (κ1) is 31.8. The largest absolute Gasteiger partial charge is 0.309 e. The summed E-state index contributed by atoms with van der Waals surface area (Å²) in [6.07, 6.45) is 1.87. The van der Waals surface area contributed by atoms with Gasteiger partial charge in [-0.2, -0.15) is 0 Å². The average molecular weight is 747 g/mol. The van der Waals surface area contributed by atoms with Gasteiger partial charge in [0, 0.05) is 76.0 Å². The molecule has 5 heterocycles. The van der Waals surface area contributed by atoms with Crippen molar-refractivity contribution in [3.63, 3.8) is 0 Å². The third-order valence-electron chi connectivity index (χ3n) is 11.0. The predicted molar refractivity (Wildman–Crippen MR) is 235 cm³/mol. The van der Waals surface area contributed by atoms with Crippen LogP contribution in [-0.2, 0) is 0 Å². The number of pyridine rings is 1. The van der Waals surface area contributed by atoms with Crippen LogP contribution in [0.1, 0.15) is 0 Å². The van der Waals surface area contributed by atoms with Crippen molar-refractivity contribution in [3.05, 3.63) is 182 Å². The first-order valence-electron chi connectivity index (χ1n) is 19.0. The Morgan fingerprint density at radius 1 is 0.386 bits per heavy atom. The number of hydrogen-bond donors (Lipinski definition) is 0. The molecule has 0 aliphatic heterocycles. The van der Waals surface area contributed by atoms with Crippen LogP contribution < -0.4 is 0 Å². The van der Waals surface area contributed by atoms with E-state index in [4.69, 9.17) is 19.9 Å². The summed E-state index contributed by atoms with van der Waals surface area (Å²) in [4.78, 5) is 20.4. The van der Waals surface area contributed by atoms with Gasteiger partial charge < -0.3 is 4.57 Å². The van der Waals surface area contributed by atoms with Crippen LogP contribution in [-0.4, -0.2) is 29.1 Å². The lowest BCUT2D eigenvalue weighted by molar-refractivity contribution is 1.08. The number of benzene rings is 7. The van der Waals surface area contributed by atoms with Gasteiger partial charge in [-0.1, -0.05) is 115 Å². The molecular formula is C50H30N6S. The summed E-state index contributed by atoms with van der Waals surface area (Å²) in [7, 11) is 0. The summed E-state index contributed by atoms with van der Waals surface area (Å²) >= 11 is 1.78. The summed E-state index contributed by atoms with van der Waals surface area (Å²) in [5.74, 6) is 1.92. The standard InChI is InChI=1S/C50H30N6S/c1-3-13-31(14-4-1)47-52-48(54-49(53-47)41-20-11-19-39-38-18-8-10-23-45(38)57-46(39)41)32-24-26-36-37-27-25-34(30-44(37)55(43(36)29-32)33-15-5-2-6-16-33)56-42-22-9-7-17-35(42)40-21-12-28-51-50(40)56/h1-30H. The molecule has 0 fully saturated rings. The normalized spacial score (nSPS) is 11.9. The van der Waals surface area contributed by atoms with Crippen molar-refractivity contribution in [2.75, 3.05) is 0 Å². The molecule has 5 aromatic heterocycles. The molecule has 0 aliphatic carbocycles. The highest BCUT2D eigenvalue weighted by atomic mass is 32.1. The Morgan fingerprint density at radius 3 is 1.89 bits per heavy atom. The van der Waals surface area contributed by atoms with Crippen LogP contribution in [0.4, 0.5) is 0 Å². The number of fused-ring (bicyclic) bond motifs is 9. The van der Waals surface area contributed by atoms with E-state index in [9.17, 15) is 0 Å². The molecule has 0 amide bonds. The smallest absolute Gasteiger partial charge is 0.165 e. The molecule has 0 saturated heterocycles. The molecule has 266 valence electrons. The van der Waals surface area contributed by atoms with Crippen LogP contribution >= 0.6 is 11.3 Å². The number of rotatable bonds is 5. The van der Waals surface area contributed by atoms with Crippen molar-refractivity contribution in [1.29, 1.82) is 0 Å². The van der Waals surface area contributed by atoms with E-state index in [0.29, 0.717) is 17.5 Å². The first-order valence-corrected chi connectivity index (χ1v) is 19.8. The fourth-order valence-corrected chi connectivity index (χ4v) is 9.67. The summed E-state index contributed by atoms with van der Waals surface area (Å²) in [5.41, 5.74) is 9.22. The third kappa shape index (κ3) is 4.96. The van der Waals surface area contributed by atoms with E-state index in [1.165, 1.54) is 25.6 Å². The van der Waals surface area contributed by atoms with E-state index in [1.807, 2.05) is 30.5 Å². The summed E-state index contributed by atoms with van der Waals surface area (Å²) in [5, 5.41) is 7.09. The van der Waals surface area contributed by atoms with E-state index in [1.54, 1.807) is 11.3 Å². The molecule has 0 radical (unpaired) electrons. The van der Waals surface area contributed by atoms with E-state index < -0.39 is 0 Å². The van der Waals surface area contributed by atoms with Gasteiger partial charge in [0.25, 0.3) is 0 Å². The molecule has 0 atom stereocenters. The molecular weight excluding hydrogens is 717 g/mol. The minimum absolute atomic E-state index is 0.626. The first-order chi connectivity index (χ1) is 28.3. The minimum atomic E-state index is 0.626.